The topological polar surface area (TPSA) is 77.7 Å². The lowest BCUT2D eigenvalue weighted by molar-refractivity contribution is 0.171. The molecule has 2 aliphatic heterocycles. The maximum absolute atomic E-state index is 12.3. The third kappa shape index (κ3) is 3.90. The Morgan fingerprint density at radius 2 is 2.04 bits per heavy atom. The van der Waals surface area contributed by atoms with Crippen LogP contribution in [0, 0.1) is 11.3 Å². The van der Waals surface area contributed by atoms with E-state index in [0.717, 1.165) is 37.2 Å². The Balaban J connectivity index is 1.37. The van der Waals surface area contributed by atoms with E-state index in [-0.39, 0.29) is 12.1 Å². The maximum atomic E-state index is 12.3. The molecule has 1 N–H and O–H groups in total. The molecule has 0 radical (unpaired) electrons. The van der Waals surface area contributed by atoms with E-state index < -0.39 is 6.09 Å². The smallest absolute Gasteiger partial charge is 0.410 e. The zero-order valence-electron chi connectivity index (χ0n) is 15.8. The maximum Gasteiger partial charge on any atom is 0.412 e. The molecule has 0 spiro atoms. The second-order valence-corrected chi connectivity index (χ2v) is 7.30. The number of hydrogen-bond donors (Lipinski definition) is 1. The Bertz CT molecular complexity index is 946. The van der Waals surface area contributed by atoms with Crippen LogP contribution in [0.1, 0.15) is 24.0 Å². The standard InChI is InChI=1S/C22H22N4O2/c1-26-11-10-17(24-22(27)28-18-8-6-15(14-23)7-9-18)13-21(26)20-12-16-4-2-3-5-19(16)25-20/h2-9,17,21H,10-13H2,1H3,(H,24,27)/t17-,21-/m1/s1. The van der Waals surface area contributed by atoms with Crippen molar-refractivity contribution in [3.8, 4) is 11.8 Å². The van der Waals surface area contributed by atoms with Crippen LogP contribution < -0.4 is 10.1 Å². The number of aliphatic imine (C=N–C) groups is 1. The minimum atomic E-state index is -0.463. The van der Waals surface area contributed by atoms with Crippen LogP contribution in [-0.2, 0) is 6.42 Å². The van der Waals surface area contributed by atoms with Gasteiger partial charge in [0.25, 0.3) is 0 Å². The van der Waals surface area contributed by atoms with E-state index in [0.29, 0.717) is 11.3 Å². The van der Waals surface area contributed by atoms with Crippen LogP contribution in [0.5, 0.6) is 5.75 Å². The minimum Gasteiger partial charge on any atom is -0.410 e. The molecule has 28 heavy (non-hydrogen) atoms. The van der Waals surface area contributed by atoms with E-state index in [4.69, 9.17) is 15.0 Å². The van der Waals surface area contributed by atoms with Gasteiger partial charge in [-0.2, -0.15) is 5.26 Å². The number of nitriles is 1. The lowest BCUT2D eigenvalue weighted by Crippen LogP contribution is -2.51. The monoisotopic (exact) mass is 374 g/mol. The normalized spacial score (nSPS) is 21.4. The van der Waals surface area contributed by atoms with Crippen molar-refractivity contribution >= 4 is 17.5 Å². The van der Waals surface area contributed by atoms with E-state index in [2.05, 4.69) is 29.4 Å². The molecule has 1 amide bonds. The highest BCUT2D eigenvalue weighted by Gasteiger charge is 2.32. The van der Waals surface area contributed by atoms with Crippen LogP contribution in [0.4, 0.5) is 10.5 Å². The van der Waals surface area contributed by atoms with E-state index in [9.17, 15) is 4.79 Å². The Kier molecular flexibility index (Phi) is 5.09. The Morgan fingerprint density at radius 3 is 2.79 bits per heavy atom. The number of piperidine rings is 1. The molecule has 6 heteroatoms. The molecule has 0 aliphatic carbocycles. The molecule has 0 aromatic heterocycles. The molecule has 0 saturated carbocycles. The fraction of sp³-hybridized carbons (Fsp3) is 0.318. The minimum absolute atomic E-state index is 0.0403. The number of fused-ring (bicyclic) bond motifs is 1. The zero-order chi connectivity index (χ0) is 19.5. The van der Waals surface area contributed by atoms with E-state index in [1.807, 2.05) is 18.2 Å². The van der Waals surface area contributed by atoms with Crippen LogP contribution in [0.2, 0.25) is 0 Å². The summed E-state index contributed by atoms with van der Waals surface area (Å²) < 4.78 is 5.35. The second kappa shape index (κ2) is 7.83. The molecule has 1 fully saturated rings. The highest BCUT2D eigenvalue weighted by molar-refractivity contribution is 5.97. The average Bonchev–Trinajstić information content (AvgIpc) is 3.14. The van der Waals surface area contributed by atoms with Crippen LogP contribution in [-0.4, -0.2) is 42.4 Å². The van der Waals surface area contributed by atoms with Gasteiger partial charge in [0, 0.05) is 24.7 Å². The Hall–Kier alpha value is -3.17. The predicted molar refractivity (Wildman–Crippen MR) is 107 cm³/mol. The third-order valence-electron chi connectivity index (χ3n) is 5.40. The van der Waals surface area contributed by atoms with Crippen LogP contribution in [0.15, 0.2) is 53.5 Å². The van der Waals surface area contributed by atoms with Crippen molar-refractivity contribution in [1.29, 1.82) is 5.26 Å². The summed E-state index contributed by atoms with van der Waals surface area (Å²) in [5.41, 5.74) is 4.02. The molecule has 2 aliphatic rings. The first-order chi connectivity index (χ1) is 13.6. The average molecular weight is 374 g/mol. The Labute approximate surface area is 164 Å². The first kappa shape index (κ1) is 18.2. The van der Waals surface area contributed by atoms with Gasteiger partial charge in [0.2, 0.25) is 0 Å². The number of carbonyl (C=O) groups excluding carboxylic acids is 1. The molecule has 1 saturated heterocycles. The van der Waals surface area contributed by atoms with Crippen molar-refractivity contribution < 1.29 is 9.53 Å². The van der Waals surface area contributed by atoms with Gasteiger partial charge >= 0.3 is 6.09 Å². The van der Waals surface area contributed by atoms with E-state index in [1.54, 1.807) is 24.3 Å². The highest BCUT2D eigenvalue weighted by atomic mass is 16.6. The van der Waals surface area contributed by atoms with Crippen LogP contribution >= 0.6 is 0 Å². The molecule has 2 atom stereocenters. The lowest BCUT2D eigenvalue weighted by Gasteiger charge is -2.37. The number of rotatable bonds is 3. The fourth-order valence-electron chi connectivity index (χ4n) is 3.86. The molecule has 2 aromatic carbocycles. The van der Waals surface area contributed by atoms with Gasteiger partial charge in [-0.25, -0.2) is 4.79 Å². The first-order valence-electron chi connectivity index (χ1n) is 9.46. The summed E-state index contributed by atoms with van der Waals surface area (Å²) in [5, 5.41) is 11.8. The molecule has 2 aromatic rings. The van der Waals surface area contributed by atoms with Crippen molar-refractivity contribution in [3.05, 3.63) is 59.7 Å². The van der Waals surface area contributed by atoms with Gasteiger partial charge in [0.15, 0.2) is 0 Å². The highest BCUT2D eigenvalue weighted by Crippen LogP contribution is 2.30. The van der Waals surface area contributed by atoms with Crippen molar-refractivity contribution in [3.63, 3.8) is 0 Å². The number of likely N-dealkylation sites (tertiary alicyclic amines) is 1. The molecule has 0 unspecified atom stereocenters. The summed E-state index contributed by atoms with van der Waals surface area (Å²) >= 11 is 0. The van der Waals surface area contributed by atoms with Crippen LogP contribution in [0.25, 0.3) is 0 Å². The number of benzene rings is 2. The molecule has 6 nitrogen and oxygen atoms in total. The SMILES string of the molecule is CN1CC[C@@H](NC(=O)Oc2ccc(C#N)cc2)C[C@@H]1C1=Nc2ccccc2C1. The number of ether oxygens (including phenoxy) is 1. The number of carbonyl (C=O) groups is 1. The number of nitrogens with zero attached hydrogens (tertiary/aromatic N) is 3. The van der Waals surface area contributed by atoms with E-state index >= 15 is 0 Å². The van der Waals surface area contributed by atoms with Gasteiger partial charge in [-0.05, 0) is 55.8 Å². The lowest BCUT2D eigenvalue weighted by atomic mass is 9.92. The van der Waals surface area contributed by atoms with Gasteiger partial charge in [0.1, 0.15) is 5.75 Å². The van der Waals surface area contributed by atoms with Gasteiger partial charge in [0.05, 0.1) is 23.4 Å². The van der Waals surface area contributed by atoms with Gasteiger partial charge < -0.3 is 10.1 Å². The molecular formula is C22H22N4O2. The van der Waals surface area contributed by atoms with Crippen molar-refractivity contribution in [2.24, 2.45) is 4.99 Å². The summed E-state index contributed by atoms with van der Waals surface area (Å²) in [5.74, 6) is 0.427. The van der Waals surface area contributed by atoms with Crippen molar-refractivity contribution in [2.45, 2.75) is 31.3 Å². The third-order valence-corrected chi connectivity index (χ3v) is 5.40. The molecule has 4 rings (SSSR count). The molecular weight excluding hydrogens is 352 g/mol. The predicted octanol–water partition coefficient (Wildman–Crippen LogP) is 3.44. The largest absolute Gasteiger partial charge is 0.412 e. The summed E-state index contributed by atoms with van der Waals surface area (Å²) in [4.78, 5) is 19.4. The first-order valence-corrected chi connectivity index (χ1v) is 9.46. The molecule has 0 bridgehead atoms. The van der Waals surface area contributed by atoms with Crippen molar-refractivity contribution in [1.82, 2.24) is 10.2 Å². The van der Waals surface area contributed by atoms with Gasteiger partial charge in [-0.15, -0.1) is 0 Å². The van der Waals surface area contributed by atoms with Gasteiger partial charge in [-0.3, -0.25) is 9.89 Å². The number of para-hydroxylation sites is 1. The number of hydrogen-bond acceptors (Lipinski definition) is 5. The number of nitrogens with one attached hydrogen (secondary N) is 1. The quantitative estimate of drug-likeness (QED) is 0.893. The second-order valence-electron chi connectivity index (χ2n) is 7.30. The summed E-state index contributed by atoms with van der Waals surface area (Å²) in [6, 6.07) is 17.0. The van der Waals surface area contributed by atoms with Crippen molar-refractivity contribution in [2.75, 3.05) is 13.6 Å². The van der Waals surface area contributed by atoms with E-state index in [1.165, 1.54) is 5.56 Å². The molecule has 142 valence electrons. The molecule has 2 heterocycles. The summed E-state index contributed by atoms with van der Waals surface area (Å²) in [6.07, 6.45) is 2.09. The summed E-state index contributed by atoms with van der Waals surface area (Å²) in [6.45, 7) is 0.891. The Morgan fingerprint density at radius 1 is 1.25 bits per heavy atom. The van der Waals surface area contributed by atoms with Crippen LogP contribution in [0.3, 0.4) is 0 Å². The zero-order valence-corrected chi connectivity index (χ0v) is 15.8. The fourth-order valence-corrected chi connectivity index (χ4v) is 3.86. The number of amides is 1. The van der Waals surface area contributed by atoms with Gasteiger partial charge in [-0.1, -0.05) is 18.2 Å². The summed E-state index contributed by atoms with van der Waals surface area (Å²) in [7, 11) is 2.11.